The predicted octanol–water partition coefficient (Wildman–Crippen LogP) is 1.05. The SMILES string of the molecule is COc1ccc(NC(N)=S)c(C(=O)O)c1. The third kappa shape index (κ3) is 2.81. The van der Waals surface area contributed by atoms with Crippen LogP contribution in [0.3, 0.4) is 0 Å². The van der Waals surface area contributed by atoms with Gasteiger partial charge in [0.05, 0.1) is 18.4 Å². The molecule has 6 heteroatoms. The maximum Gasteiger partial charge on any atom is 0.337 e. The molecule has 0 aromatic heterocycles. The molecule has 0 radical (unpaired) electrons. The molecule has 0 saturated carbocycles. The number of rotatable bonds is 3. The van der Waals surface area contributed by atoms with E-state index in [-0.39, 0.29) is 10.7 Å². The first-order valence-electron chi connectivity index (χ1n) is 4.02. The summed E-state index contributed by atoms with van der Waals surface area (Å²) in [5, 5.41) is 11.5. The molecule has 0 aliphatic carbocycles. The molecule has 0 saturated heterocycles. The van der Waals surface area contributed by atoms with Crippen LogP contribution in [0.1, 0.15) is 10.4 Å². The third-order valence-electron chi connectivity index (χ3n) is 1.72. The van der Waals surface area contributed by atoms with Crippen LogP contribution in [-0.2, 0) is 0 Å². The Morgan fingerprint density at radius 2 is 2.27 bits per heavy atom. The largest absolute Gasteiger partial charge is 0.497 e. The topological polar surface area (TPSA) is 84.6 Å². The second-order valence-corrected chi connectivity index (χ2v) is 3.15. The van der Waals surface area contributed by atoms with Crippen molar-refractivity contribution < 1.29 is 14.6 Å². The average Bonchev–Trinajstić information content (AvgIpc) is 2.17. The fourth-order valence-electron chi connectivity index (χ4n) is 1.07. The average molecular weight is 226 g/mol. The first-order chi connectivity index (χ1) is 7.04. The monoisotopic (exact) mass is 226 g/mol. The Kier molecular flexibility index (Phi) is 3.46. The molecule has 0 bridgehead atoms. The molecular weight excluding hydrogens is 216 g/mol. The van der Waals surface area contributed by atoms with Crippen molar-refractivity contribution in [2.75, 3.05) is 12.4 Å². The molecular formula is C9H10N2O3S. The van der Waals surface area contributed by atoms with Crippen LogP contribution in [0.15, 0.2) is 18.2 Å². The molecule has 0 amide bonds. The zero-order chi connectivity index (χ0) is 11.4. The summed E-state index contributed by atoms with van der Waals surface area (Å²) in [4.78, 5) is 10.9. The minimum absolute atomic E-state index is 0.0164. The summed E-state index contributed by atoms with van der Waals surface area (Å²) in [7, 11) is 1.46. The molecule has 0 fully saturated rings. The van der Waals surface area contributed by atoms with Crippen LogP contribution in [0.5, 0.6) is 5.75 Å². The second kappa shape index (κ2) is 4.61. The van der Waals surface area contributed by atoms with Crippen molar-refractivity contribution in [3.63, 3.8) is 0 Å². The zero-order valence-corrected chi connectivity index (χ0v) is 8.80. The predicted molar refractivity (Wildman–Crippen MR) is 60.4 cm³/mol. The lowest BCUT2D eigenvalue weighted by Gasteiger charge is -2.09. The van der Waals surface area contributed by atoms with Crippen molar-refractivity contribution in [1.82, 2.24) is 0 Å². The standard InChI is InChI=1S/C9H10N2O3S/c1-14-5-2-3-7(11-9(10)15)6(4-5)8(12)13/h2-4H,1H3,(H,12,13)(H3,10,11,15). The lowest BCUT2D eigenvalue weighted by molar-refractivity contribution is 0.0697. The summed E-state index contributed by atoms with van der Waals surface area (Å²) >= 11 is 4.63. The second-order valence-electron chi connectivity index (χ2n) is 2.71. The van der Waals surface area contributed by atoms with E-state index in [4.69, 9.17) is 15.6 Å². The minimum Gasteiger partial charge on any atom is -0.497 e. The number of methoxy groups -OCH3 is 1. The number of hydrogen-bond acceptors (Lipinski definition) is 3. The number of nitrogens with two attached hydrogens (primary N) is 1. The fraction of sp³-hybridized carbons (Fsp3) is 0.111. The number of carbonyl (C=O) groups is 1. The van der Waals surface area contributed by atoms with Gasteiger partial charge in [-0.3, -0.25) is 0 Å². The van der Waals surface area contributed by atoms with Gasteiger partial charge in [-0.25, -0.2) is 4.79 Å². The summed E-state index contributed by atoms with van der Waals surface area (Å²) in [5.41, 5.74) is 5.66. The van der Waals surface area contributed by atoms with Crippen LogP contribution in [0.2, 0.25) is 0 Å². The van der Waals surface area contributed by atoms with Gasteiger partial charge in [0, 0.05) is 0 Å². The van der Waals surface area contributed by atoms with Crippen LogP contribution in [0.4, 0.5) is 5.69 Å². The van der Waals surface area contributed by atoms with Gasteiger partial charge in [0.15, 0.2) is 5.11 Å². The molecule has 4 N–H and O–H groups in total. The van der Waals surface area contributed by atoms with E-state index < -0.39 is 5.97 Å². The molecule has 1 aromatic rings. The fourth-order valence-corrected chi connectivity index (χ4v) is 1.18. The van der Waals surface area contributed by atoms with Crippen molar-refractivity contribution in [2.24, 2.45) is 5.73 Å². The highest BCUT2D eigenvalue weighted by molar-refractivity contribution is 7.80. The Morgan fingerprint density at radius 3 is 2.73 bits per heavy atom. The highest BCUT2D eigenvalue weighted by Gasteiger charge is 2.11. The van der Waals surface area contributed by atoms with Gasteiger partial charge in [-0.15, -0.1) is 0 Å². The van der Waals surface area contributed by atoms with Crippen molar-refractivity contribution >= 4 is 29.0 Å². The molecule has 0 atom stereocenters. The van der Waals surface area contributed by atoms with Gasteiger partial charge in [-0.05, 0) is 30.4 Å². The lowest BCUT2D eigenvalue weighted by Crippen LogP contribution is -2.20. The number of carboxylic acids is 1. The van der Waals surface area contributed by atoms with Gasteiger partial charge >= 0.3 is 5.97 Å². The first kappa shape index (κ1) is 11.3. The molecule has 0 unspecified atom stereocenters. The molecule has 0 aliphatic rings. The maximum atomic E-state index is 10.9. The van der Waals surface area contributed by atoms with Crippen LogP contribution >= 0.6 is 12.2 Å². The van der Waals surface area contributed by atoms with E-state index in [9.17, 15) is 4.79 Å². The van der Waals surface area contributed by atoms with Crippen molar-refractivity contribution in [2.45, 2.75) is 0 Å². The summed E-state index contributed by atoms with van der Waals surface area (Å²) in [6.07, 6.45) is 0. The number of nitrogens with one attached hydrogen (secondary N) is 1. The molecule has 15 heavy (non-hydrogen) atoms. The molecule has 80 valence electrons. The van der Waals surface area contributed by atoms with E-state index in [0.29, 0.717) is 11.4 Å². The molecule has 5 nitrogen and oxygen atoms in total. The molecule has 1 aromatic carbocycles. The normalized spacial score (nSPS) is 9.40. The highest BCUT2D eigenvalue weighted by atomic mass is 32.1. The van der Waals surface area contributed by atoms with E-state index in [1.165, 1.54) is 13.2 Å². The van der Waals surface area contributed by atoms with Crippen LogP contribution in [0, 0.1) is 0 Å². The Balaban J connectivity index is 3.15. The van der Waals surface area contributed by atoms with Gasteiger partial charge in [0.1, 0.15) is 5.75 Å². The lowest BCUT2D eigenvalue weighted by atomic mass is 10.1. The zero-order valence-electron chi connectivity index (χ0n) is 7.98. The van der Waals surface area contributed by atoms with E-state index in [0.717, 1.165) is 0 Å². The summed E-state index contributed by atoms with van der Waals surface area (Å²) in [6.45, 7) is 0. The molecule has 1 rings (SSSR count). The summed E-state index contributed by atoms with van der Waals surface area (Å²) in [6, 6.07) is 4.55. The summed E-state index contributed by atoms with van der Waals surface area (Å²) < 4.78 is 4.91. The van der Waals surface area contributed by atoms with Gasteiger partial charge in [0.2, 0.25) is 0 Å². The van der Waals surface area contributed by atoms with Crippen LogP contribution in [0.25, 0.3) is 0 Å². The minimum atomic E-state index is -1.08. The number of benzene rings is 1. The Labute approximate surface area is 91.8 Å². The van der Waals surface area contributed by atoms with E-state index in [2.05, 4.69) is 17.5 Å². The van der Waals surface area contributed by atoms with E-state index in [1.54, 1.807) is 12.1 Å². The van der Waals surface area contributed by atoms with Crippen LogP contribution < -0.4 is 15.8 Å². The number of carboxylic acid groups (broad SMARTS) is 1. The highest BCUT2D eigenvalue weighted by Crippen LogP contribution is 2.21. The number of aromatic carboxylic acids is 1. The maximum absolute atomic E-state index is 10.9. The smallest absolute Gasteiger partial charge is 0.337 e. The molecule has 0 heterocycles. The molecule has 0 aliphatic heterocycles. The quantitative estimate of drug-likeness (QED) is 0.668. The number of thiocarbonyl (C=S) groups is 1. The van der Waals surface area contributed by atoms with Crippen molar-refractivity contribution in [3.05, 3.63) is 23.8 Å². The van der Waals surface area contributed by atoms with Crippen molar-refractivity contribution in [1.29, 1.82) is 0 Å². The van der Waals surface area contributed by atoms with E-state index in [1.807, 2.05) is 0 Å². The van der Waals surface area contributed by atoms with Gasteiger partial charge in [-0.2, -0.15) is 0 Å². The van der Waals surface area contributed by atoms with Gasteiger partial charge in [-0.1, -0.05) is 0 Å². The van der Waals surface area contributed by atoms with E-state index >= 15 is 0 Å². The first-order valence-corrected chi connectivity index (χ1v) is 4.43. The van der Waals surface area contributed by atoms with Gasteiger partial charge in [0.25, 0.3) is 0 Å². The Hall–Kier alpha value is -1.82. The third-order valence-corrected chi connectivity index (χ3v) is 1.82. The van der Waals surface area contributed by atoms with Gasteiger partial charge < -0.3 is 20.9 Å². The number of anilines is 1. The number of ether oxygens (including phenoxy) is 1. The number of hydrogen-bond donors (Lipinski definition) is 3. The Bertz CT molecular complexity index is 406. The molecule has 0 spiro atoms. The Morgan fingerprint density at radius 1 is 1.60 bits per heavy atom. The van der Waals surface area contributed by atoms with Crippen molar-refractivity contribution in [3.8, 4) is 5.75 Å². The summed E-state index contributed by atoms with van der Waals surface area (Å²) in [5.74, 6) is -0.617. The van der Waals surface area contributed by atoms with Crippen LogP contribution in [-0.4, -0.2) is 23.3 Å².